The lowest BCUT2D eigenvalue weighted by Crippen LogP contribution is -2.54. The third-order valence-electron chi connectivity index (χ3n) is 6.47. The van der Waals surface area contributed by atoms with Crippen LogP contribution in [0.15, 0.2) is 59.0 Å². The molecule has 1 aliphatic carbocycles. The van der Waals surface area contributed by atoms with Crippen molar-refractivity contribution in [3.05, 3.63) is 66.1 Å². The van der Waals surface area contributed by atoms with Crippen molar-refractivity contribution < 1.29 is 32.3 Å². The van der Waals surface area contributed by atoms with Crippen LogP contribution in [0.4, 0.5) is 4.79 Å². The van der Waals surface area contributed by atoms with E-state index in [-0.39, 0.29) is 17.6 Å². The highest BCUT2D eigenvalue weighted by Gasteiger charge is 2.36. The topological polar surface area (TPSA) is 148 Å². The Morgan fingerprint density at radius 2 is 1.75 bits per heavy atom. The van der Waals surface area contributed by atoms with Crippen LogP contribution in [0, 0.1) is 5.92 Å². The first-order chi connectivity index (χ1) is 18.9. The van der Waals surface area contributed by atoms with Crippen LogP contribution in [0.3, 0.4) is 0 Å². The zero-order valence-corrected chi connectivity index (χ0v) is 23.8. The quantitative estimate of drug-likeness (QED) is 0.298. The number of hydrogen-bond acceptors (Lipinski definition) is 8. The van der Waals surface area contributed by atoms with Gasteiger partial charge in [-0.05, 0) is 70.1 Å². The van der Waals surface area contributed by atoms with Gasteiger partial charge in [-0.2, -0.15) is 0 Å². The lowest BCUT2D eigenvalue weighted by atomic mass is 10.0. The fraction of sp³-hybridized carbons (Fsp3) is 0.483. The molecular formula is C29H37N3O7S. The molecule has 3 atom stereocenters. The SMILES string of the molecule is CC(C)(C)OC(=O)NC(CS(=O)(=O)CC1CC1)C(=O)NC(CCc1ccccc1)C(O)c1nc2ccccc2o1. The summed E-state index contributed by atoms with van der Waals surface area (Å²) in [5, 5.41) is 16.5. The number of carbonyl (C=O) groups is 2. The molecule has 0 aliphatic heterocycles. The van der Waals surface area contributed by atoms with Crippen LogP contribution in [0.2, 0.25) is 0 Å². The van der Waals surface area contributed by atoms with Gasteiger partial charge < -0.3 is 24.9 Å². The number of benzene rings is 2. The van der Waals surface area contributed by atoms with Crippen molar-refractivity contribution in [3.63, 3.8) is 0 Å². The molecule has 3 aromatic rings. The van der Waals surface area contributed by atoms with Gasteiger partial charge in [0.25, 0.3) is 0 Å². The highest BCUT2D eigenvalue weighted by molar-refractivity contribution is 7.91. The van der Waals surface area contributed by atoms with Gasteiger partial charge in [0.15, 0.2) is 21.5 Å². The van der Waals surface area contributed by atoms with E-state index in [0.717, 1.165) is 18.4 Å². The average molecular weight is 572 g/mol. The summed E-state index contributed by atoms with van der Waals surface area (Å²) in [6, 6.07) is 14.3. The van der Waals surface area contributed by atoms with Crippen molar-refractivity contribution in [2.24, 2.45) is 5.92 Å². The van der Waals surface area contributed by atoms with Crippen molar-refractivity contribution in [1.29, 1.82) is 0 Å². The molecular weight excluding hydrogens is 534 g/mol. The van der Waals surface area contributed by atoms with Gasteiger partial charge in [0.2, 0.25) is 11.8 Å². The molecule has 0 radical (unpaired) electrons. The second-order valence-corrected chi connectivity index (χ2v) is 13.5. The Morgan fingerprint density at radius 1 is 1.07 bits per heavy atom. The van der Waals surface area contributed by atoms with Crippen molar-refractivity contribution in [3.8, 4) is 0 Å². The molecule has 3 unspecified atom stereocenters. The molecule has 2 aromatic carbocycles. The van der Waals surface area contributed by atoms with E-state index in [2.05, 4.69) is 15.6 Å². The molecule has 216 valence electrons. The van der Waals surface area contributed by atoms with Gasteiger partial charge in [0, 0.05) is 0 Å². The van der Waals surface area contributed by atoms with Crippen LogP contribution in [0.25, 0.3) is 11.1 Å². The predicted octanol–water partition coefficient (Wildman–Crippen LogP) is 3.70. The Morgan fingerprint density at radius 3 is 2.40 bits per heavy atom. The molecule has 11 heteroatoms. The minimum atomic E-state index is -3.66. The molecule has 3 N–H and O–H groups in total. The molecule has 1 fully saturated rings. The van der Waals surface area contributed by atoms with E-state index in [1.807, 2.05) is 30.3 Å². The minimum Gasteiger partial charge on any atom is -0.444 e. The lowest BCUT2D eigenvalue weighted by molar-refractivity contribution is -0.124. The summed E-state index contributed by atoms with van der Waals surface area (Å²) in [4.78, 5) is 30.5. The number of fused-ring (bicyclic) bond motifs is 1. The second kappa shape index (κ2) is 12.4. The number of sulfone groups is 1. The Bertz CT molecular complexity index is 1380. The number of nitrogens with one attached hydrogen (secondary N) is 2. The van der Waals surface area contributed by atoms with Gasteiger partial charge in [0.05, 0.1) is 17.5 Å². The maximum atomic E-state index is 13.5. The third-order valence-corrected chi connectivity index (χ3v) is 8.29. The molecule has 1 aliphatic rings. The number of alkyl carbamates (subject to hydrolysis) is 1. The summed E-state index contributed by atoms with van der Waals surface area (Å²) >= 11 is 0. The van der Waals surface area contributed by atoms with Crippen LogP contribution in [0.5, 0.6) is 0 Å². The third kappa shape index (κ3) is 8.79. The minimum absolute atomic E-state index is 0.0255. The largest absolute Gasteiger partial charge is 0.444 e. The molecule has 1 saturated carbocycles. The number of oxazole rings is 1. The molecule has 2 amide bonds. The van der Waals surface area contributed by atoms with E-state index < -0.39 is 51.4 Å². The van der Waals surface area contributed by atoms with Crippen molar-refractivity contribution in [2.75, 3.05) is 11.5 Å². The summed E-state index contributed by atoms with van der Waals surface area (Å²) in [6.45, 7) is 5.01. The highest BCUT2D eigenvalue weighted by Crippen LogP contribution is 2.30. The Hall–Kier alpha value is -3.44. The van der Waals surface area contributed by atoms with E-state index in [4.69, 9.17) is 9.15 Å². The summed E-state index contributed by atoms with van der Waals surface area (Å²) in [5.41, 5.74) is 1.18. The molecule has 1 heterocycles. The van der Waals surface area contributed by atoms with Gasteiger partial charge in [-0.15, -0.1) is 0 Å². The number of aliphatic hydroxyl groups excluding tert-OH is 1. The van der Waals surface area contributed by atoms with Gasteiger partial charge in [0.1, 0.15) is 17.2 Å². The van der Waals surface area contributed by atoms with Crippen LogP contribution in [-0.4, -0.2) is 59.7 Å². The Kier molecular flexibility index (Phi) is 9.15. The molecule has 4 rings (SSSR count). The molecule has 0 saturated heterocycles. The first-order valence-electron chi connectivity index (χ1n) is 13.5. The number of para-hydroxylation sites is 2. The lowest BCUT2D eigenvalue weighted by Gasteiger charge is -2.27. The van der Waals surface area contributed by atoms with Crippen LogP contribution < -0.4 is 10.6 Å². The zero-order valence-electron chi connectivity index (χ0n) is 23.0. The van der Waals surface area contributed by atoms with Crippen molar-refractivity contribution in [1.82, 2.24) is 15.6 Å². The maximum Gasteiger partial charge on any atom is 0.408 e. The van der Waals surface area contributed by atoms with Crippen LogP contribution in [0.1, 0.15) is 57.6 Å². The summed E-state index contributed by atoms with van der Waals surface area (Å²) < 4.78 is 36.8. The molecule has 40 heavy (non-hydrogen) atoms. The standard InChI is InChI=1S/C29H37N3O7S/c1-29(2,3)39-28(35)32-23(18-40(36,37)17-20-13-14-20)26(34)30-22(16-15-19-9-5-4-6-10-19)25(33)27-31-21-11-7-8-12-24(21)38-27/h4-12,20,22-23,25,33H,13-18H2,1-3H3,(H,30,34)(H,32,35). The van der Waals surface area contributed by atoms with Gasteiger partial charge in [-0.3, -0.25) is 4.79 Å². The maximum absolute atomic E-state index is 13.5. The van der Waals surface area contributed by atoms with E-state index >= 15 is 0 Å². The summed E-state index contributed by atoms with van der Waals surface area (Å²) in [5.74, 6) is -1.28. The monoisotopic (exact) mass is 571 g/mol. The summed E-state index contributed by atoms with van der Waals surface area (Å²) in [6.07, 6.45) is 0.221. The van der Waals surface area contributed by atoms with Crippen LogP contribution in [-0.2, 0) is 25.8 Å². The van der Waals surface area contributed by atoms with Crippen molar-refractivity contribution in [2.45, 2.75) is 70.2 Å². The normalized spacial score (nSPS) is 16.2. The number of nitrogens with zero attached hydrogens (tertiary/aromatic N) is 1. The average Bonchev–Trinajstić information content (AvgIpc) is 3.57. The molecule has 0 bridgehead atoms. The first kappa shape index (κ1) is 29.5. The number of ether oxygens (including phenoxy) is 1. The van der Waals surface area contributed by atoms with Gasteiger partial charge in [-0.1, -0.05) is 42.5 Å². The predicted molar refractivity (Wildman–Crippen MR) is 150 cm³/mol. The van der Waals surface area contributed by atoms with E-state index in [1.54, 1.807) is 45.0 Å². The fourth-order valence-corrected chi connectivity index (χ4v) is 6.28. The number of carbonyl (C=O) groups excluding carboxylic acids is 2. The summed E-state index contributed by atoms with van der Waals surface area (Å²) in [7, 11) is -3.66. The van der Waals surface area contributed by atoms with E-state index in [1.165, 1.54) is 0 Å². The smallest absolute Gasteiger partial charge is 0.408 e. The highest BCUT2D eigenvalue weighted by atomic mass is 32.2. The van der Waals surface area contributed by atoms with Gasteiger partial charge >= 0.3 is 6.09 Å². The van der Waals surface area contributed by atoms with Gasteiger partial charge in [-0.25, -0.2) is 18.2 Å². The van der Waals surface area contributed by atoms with E-state index in [0.29, 0.717) is 23.9 Å². The van der Waals surface area contributed by atoms with Crippen molar-refractivity contribution >= 4 is 32.9 Å². The number of rotatable bonds is 12. The number of aliphatic hydroxyl groups is 1. The number of amides is 2. The molecule has 0 spiro atoms. The molecule has 10 nitrogen and oxygen atoms in total. The number of aryl methyl sites for hydroxylation is 1. The zero-order chi connectivity index (χ0) is 28.9. The number of aromatic nitrogens is 1. The van der Waals surface area contributed by atoms with E-state index in [9.17, 15) is 23.1 Å². The first-order valence-corrected chi connectivity index (χ1v) is 15.3. The molecule has 1 aromatic heterocycles. The fourth-order valence-electron chi connectivity index (χ4n) is 4.35. The Balaban J connectivity index is 1.56. The Labute approximate surface area is 234 Å². The second-order valence-electron chi connectivity index (χ2n) is 11.3. The number of hydrogen-bond donors (Lipinski definition) is 3. The van der Waals surface area contributed by atoms with Crippen LogP contribution >= 0.6 is 0 Å².